The number of likely N-dealkylation sites (tertiary alicyclic amines) is 2. The van der Waals surface area contributed by atoms with Crippen LogP contribution in [0, 0.1) is 11.3 Å². The van der Waals surface area contributed by atoms with Crippen LogP contribution in [-0.4, -0.2) is 133 Å². The molecule has 17 heteroatoms. The molecule has 6 aliphatic heterocycles. The molecule has 3 aromatic rings. The van der Waals surface area contributed by atoms with E-state index in [1.54, 1.807) is 49.9 Å². The summed E-state index contributed by atoms with van der Waals surface area (Å²) in [4.78, 5) is 98.9. The number of carbonyl (C=O) groups excluding carboxylic acids is 6. The molecule has 1 aromatic heterocycles. The quantitative estimate of drug-likeness (QED) is 0.313. The number of benzene rings is 2. The molecular formula is C43H48N8O9. The average molecular weight is 821 g/mol. The summed E-state index contributed by atoms with van der Waals surface area (Å²) >= 11 is 0. The summed E-state index contributed by atoms with van der Waals surface area (Å²) in [6.45, 7) is 5.25. The van der Waals surface area contributed by atoms with Crippen LogP contribution in [0.25, 0.3) is 11.1 Å². The maximum Gasteiger partial charge on any atom is 0.317 e. The monoisotopic (exact) mass is 820 g/mol. The normalized spacial score (nSPS) is 21.1. The number of rotatable bonds is 8. The number of amides is 7. The van der Waals surface area contributed by atoms with E-state index in [0.29, 0.717) is 62.8 Å². The highest BCUT2D eigenvalue weighted by molar-refractivity contribution is 6.23. The van der Waals surface area contributed by atoms with Crippen molar-refractivity contribution in [3.05, 3.63) is 74.7 Å². The molecule has 1 atom stereocenters. The summed E-state index contributed by atoms with van der Waals surface area (Å²) in [6.07, 6.45) is 3.43. The molecule has 7 heterocycles. The summed E-state index contributed by atoms with van der Waals surface area (Å²) in [7, 11) is 6.53. The predicted molar refractivity (Wildman–Crippen MR) is 217 cm³/mol. The number of piperidine rings is 1. The van der Waals surface area contributed by atoms with Gasteiger partial charge in [-0.3, -0.25) is 43.9 Å². The van der Waals surface area contributed by atoms with Gasteiger partial charge in [0.2, 0.25) is 17.7 Å². The number of imide groups is 2. The Bertz CT molecular complexity index is 2410. The first-order valence-electron chi connectivity index (χ1n) is 20.4. The molecule has 60 heavy (non-hydrogen) atoms. The van der Waals surface area contributed by atoms with Crippen molar-refractivity contribution >= 4 is 41.3 Å². The van der Waals surface area contributed by atoms with Gasteiger partial charge in [0.25, 0.3) is 17.4 Å². The molecule has 7 amide bonds. The summed E-state index contributed by atoms with van der Waals surface area (Å²) in [5.74, 6) is -0.779. The number of hydrogen-bond donors (Lipinski definition) is 2. The highest BCUT2D eigenvalue weighted by Crippen LogP contribution is 2.44. The molecule has 0 aliphatic carbocycles. The van der Waals surface area contributed by atoms with Gasteiger partial charge in [0.15, 0.2) is 0 Å². The van der Waals surface area contributed by atoms with Gasteiger partial charge in [0.05, 0.1) is 43.4 Å². The van der Waals surface area contributed by atoms with E-state index < -0.39 is 29.7 Å². The van der Waals surface area contributed by atoms with E-state index >= 15 is 0 Å². The highest BCUT2D eigenvalue weighted by Gasteiger charge is 2.52. The van der Waals surface area contributed by atoms with Gasteiger partial charge in [-0.25, -0.2) is 4.79 Å². The van der Waals surface area contributed by atoms with Crippen molar-refractivity contribution in [3.63, 3.8) is 0 Å². The minimum atomic E-state index is -1.01. The van der Waals surface area contributed by atoms with Crippen LogP contribution in [0.4, 0.5) is 10.5 Å². The van der Waals surface area contributed by atoms with Crippen LogP contribution in [0.15, 0.2) is 41.3 Å². The first-order chi connectivity index (χ1) is 28.8. The lowest BCUT2D eigenvalue weighted by Gasteiger charge is -2.51. The Balaban J connectivity index is 0.815. The second-order valence-electron chi connectivity index (χ2n) is 16.9. The van der Waals surface area contributed by atoms with Gasteiger partial charge in [-0.15, -0.1) is 0 Å². The minimum absolute atomic E-state index is 0.0486. The number of aryl methyl sites for hydroxylation is 1. The molecule has 314 valence electrons. The minimum Gasteiger partial charge on any atom is -0.496 e. The van der Waals surface area contributed by atoms with E-state index in [-0.39, 0.29) is 59.3 Å². The van der Waals surface area contributed by atoms with Gasteiger partial charge >= 0.3 is 6.03 Å². The van der Waals surface area contributed by atoms with Crippen LogP contribution in [0.3, 0.4) is 0 Å². The molecule has 4 saturated heterocycles. The third kappa shape index (κ3) is 6.46. The summed E-state index contributed by atoms with van der Waals surface area (Å²) in [6, 6.07) is 7.90. The van der Waals surface area contributed by atoms with Crippen LogP contribution in [0.5, 0.6) is 11.5 Å². The number of anilines is 1. The van der Waals surface area contributed by atoms with E-state index in [0.717, 1.165) is 52.4 Å². The lowest BCUT2D eigenvalue weighted by molar-refractivity contribution is -0.152. The standard InChI is InChI=1S/C43H48N8O9/c1-44-42(58)48-11-9-27-30(18-46(2)39(55)31(27)20-48)24-13-34(59-3)32(35(14-24)60-4)19-47-16-25(17-47)38(54)50-22-43(23-50)10-12-49(21-43)26-5-6-28-29(15-26)41(57)51(40(28)56)33-7-8-36(52)45-37(33)53/h5-6,13-15,18,25,33H,7-12,16-17,19-23H2,1-4H3,(H,44,58)(H,45,52,53). The number of fused-ring (bicyclic) bond motifs is 2. The van der Waals surface area contributed by atoms with Crippen LogP contribution in [-0.2, 0) is 40.9 Å². The molecule has 6 aliphatic rings. The van der Waals surface area contributed by atoms with Gasteiger partial charge < -0.3 is 34.1 Å². The molecule has 17 nitrogen and oxygen atoms in total. The Hall–Kier alpha value is -6.23. The fourth-order valence-corrected chi connectivity index (χ4v) is 10.0. The molecule has 1 spiro atoms. The van der Waals surface area contributed by atoms with Gasteiger partial charge in [0.1, 0.15) is 17.5 Å². The first-order valence-corrected chi connectivity index (χ1v) is 20.4. The van der Waals surface area contributed by atoms with E-state index in [2.05, 4.69) is 20.4 Å². The third-order valence-electron chi connectivity index (χ3n) is 13.3. The van der Waals surface area contributed by atoms with Gasteiger partial charge in [-0.2, -0.15) is 0 Å². The van der Waals surface area contributed by atoms with Crippen molar-refractivity contribution in [2.45, 2.75) is 44.8 Å². The zero-order valence-electron chi connectivity index (χ0n) is 34.2. The number of pyridine rings is 1. The number of nitrogens with one attached hydrogen (secondary N) is 2. The van der Waals surface area contributed by atoms with Crippen molar-refractivity contribution in [3.8, 4) is 22.6 Å². The number of methoxy groups -OCH3 is 2. The molecule has 9 rings (SSSR count). The maximum absolute atomic E-state index is 13.7. The predicted octanol–water partition coefficient (Wildman–Crippen LogP) is 1.34. The van der Waals surface area contributed by atoms with Crippen LogP contribution < -0.4 is 30.6 Å². The van der Waals surface area contributed by atoms with Gasteiger partial charge in [-0.05, 0) is 60.7 Å². The smallest absolute Gasteiger partial charge is 0.317 e. The molecule has 2 aromatic carbocycles. The highest BCUT2D eigenvalue weighted by atomic mass is 16.5. The average Bonchev–Trinajstić information content (AvgIpc) is 3.78. The van der Waals surface area contributed by atoms with E-state index in [1.165, 1.54) is 0 Å². The van der Waals surface area contributed by atoms with Crippen molar-refractivity contribution in [2.24, 2.45) is 18.4 Å². The van der Waals surface area contributed by atoms with Gasteiger partial charge in [0, 0.05) is 101 Å². The summed E-state index contributed by atoms with van der Waals surface area (Å²) in [5, 5.41) is 4.88. The third-order valence-corrected chi connectivity index (χ3v) is 13.3. The van der Waals surface area contributed by atoms with Crippen molar-refractivity contribution < 1.29 is 38.2 Å². The Morgan fingerprint density at radius 2 is 1.58 bits per heavy atom. The summed E-state index contributed by atoms with van der Waals surface area (Å²) in [5.41, 5.74) is 5.26. The largest absolute Gasteiger partial charge is 0.496 e. The Morgan fingerprint density at radius 1 is 0.867 bits per heavy atom. The summed E-state index contributed by atoms with van der Waals surface area (Å²) < 4.78 is 13.4. The van der Waals surface area contributed by atoms with Crippen molar-refractivity contribution in [2.75, 3.05) is 72.0 Å². The fourth-order valence-electron chi connectivity index (χ4n) is 10.0. The van der Waals surface area contributed by atoms with Crippen LogP contribution in [0.2, 0.25) is 0 Å². The molecule has 2 N–H and O–H groups in total. The SMILES string of the molecule is CNC(=O)N1CCc2c(-c3cc(OC)c(CN4CC(C(=O)N5CC6(CCN(c7ccc8c(c7)C(=O)N(C7CCC(=O)NC7=O)C8=O)C6)C5)C4)c(OC)c3)cn(C)c(=O)c2C1. The van der Waals surface area contributed by atoms with Gasteiger partial charge in [-0.1, -0.05) is 0 Å². The fraction of sp³-hybridized carbons (Fsp3) is 0.465. The lowest BCUT2D eigenvalue weighted by Crippen LogP contribution is -2.64. The number of aromatic nitrogens is 1. The van der Waals surface area contributed by atoms with Crippen molar-refractivity contribution in [1.82, 2.24) is 34.8 Å². The molecule has 1 unspecified atom stereocenters. The molecule has 0 bridgehead atoms. The number of urea groups is 1. The van der Waals surface area contributed by atoms with E-state index in [4.69, 9.17) is 9.47 Å². The zero-order valence-corrected chi connectivity index (χ0v) is 34.2. The van der Waals surface area contributed by atoms with E-state index in [1.807, 2.05) is 29.3 Å². The van der Waals surface area contributed by atoms with Crippen molar-refractivity contribution in [1.29, 1.82) is 0 Å². The molecular weight excluding hydrogens is 773 g/mol. The van der Waals surface area contributed by atoms with Crippen LogP contribution in [0.1, 0.15) is 56.7 Å². The maximum atomic E-state index is 13.7. The topological polar surface area (TPSA) is 183 Å². The molecule has 0 radical (unpaired) electrons. The molecule has 4 fully saturated rings. The van der Waals surface area contributed by atoms with Crippen LogP contribution >= 0.6 is 0 Å². The first kappa shape index (κ1) is 39.2. The Kier molecular flexibility index (Phi) is 9.68. The number of carbonyl (C=O) groups is 6. The second-order valence-corrected chi connectivity index (χ2v) is 16.9. The lowest BCUT2D eigenvalue weighted by atomic mass is 9.78. The second kappa shape index (κ2) is 14.8. The number of ether oxygens (including phenoxy) is 2. The Morgan fingerprint density at radius 3 is 2.27 bits per heavy atom. The number of hydrogen-bond acceptors (Lipinski definition) is 11. The Labute approximate surface area is 346 Å². The molecule has 0 saturated carbocycles. The number of nitrogens with zero attached hydrogens (tertiary/aromatic N) is 6. The zero-order chi connectivity index (χ0) is 42.2. The van der Waals surface area contributed by atoms with E-state index in [9.17, 15) is 33.6 Å².